The molecule has 2 bridgehead atoms. The third-order valence-corrected chi connectivity index (χ3v) is 9.44. The summed E-state index contributed by atoms with van der Waals surface area (Å²) in [7, 11) is 0. The van der Waals surface area contributed by atoms with Gasteiger partial charge in [0, 0.05) is 24.8 Å². The van der Waals surface area contributed by atoms with Gasteiger partial charge in [-0.05, 0) is 84.5 Å². The highest BCUT2D eigenvalue weighted by molar-refractivity contribution is 5.92. The number of pyridine rings is 1. The number of ether oxygens (including phenoxy) is 2. The molecule has 1 aromatic carbocycles. The number of amides is 1. The van der Waals surface area contributed by atoms with Crippen LogP contribution in [-0.2, 0) is 4.74 Å². The van der Waals surface area contributed by atoms with Gasteiger partial charge in [0.25, 0.3) is 0 Å². The van der Waals surface area contributed by atoms with Gasteiger partial charge < -0.3 is 14.4 Å². The number of fused-ring (bicyclic) bond motifs is 4. The minimum absolute atomic E-state index is 0.0360. The van der Waals surface area contributed by atoms with Crippen molar-refractivity contribution in [2.45, 2.75) is 82.5 Å². The fourth-order valence-corrected chi connectivity index (χ4v) is 7.52. The molecule has 0 saturated carbocycles. The number of carbonyl (C=O) groups is 1. The molecule has 3 aromatic rings. The van der Waals surface area contributed by atoms with Gasteiger partial charge in [-0.2, -0.15) is 9.97 Å². The Hall–Kier alpha value is -3.60. The maximum Gasteiger partial charge on any atom is 0.410 e. The second kappa shape index (κ2) is 10.5. The van der Waals surface area contributed by atoms with Crippen molar-refractivity contribution in [1.29, 1.82) is 0 Å². The van der Waals surface area contributed by atoms with Crippen molar-refractivity contribution in [3.63, 3.8) is 0 Å². The van der Waals surface area contributed by atoms with E-state index in [1.165, 1.54) is 18.3 Å². The Kier molecular flexibility index (Phi) is 6.91. The van der Waals surface area contributed by atoms with E-state index in [9.17, 15) is 9.18 Å². The Morgan fingerprint density at radius 2 is 1.74 bits per heavy atom. The number of halogens is 2. The molecule has 4 saturated heterocycles. The molecule has 4 aliphatic rings. The van der Waals surface area contributed by atoms with Crippen LogP contribution in [0.1, 0.15) is 59.3 Å². The molecule has 11 heteroatoms. The molecule has 4 fully saturated rings. The van der Waals surface area contributed by atoms with Gasteiger partial charge in [0.15, 0.2) is 5.82 Å². The van der Waals surface area contributed by atoms with Crippen molar-refractivity contribution in [3.8, 4) is 17.3 Å². The normalized spacial score (nSPS) is 23.2. The van der Waals surface area contributed by atoms with E-state index < -0.39 is 17.2 Å². The summed E-state index contributed by atoms with van der Waals surface area (Å²) in [6.07, 6.45) is 7.27. The molecule has 9 nitrogen and oxygen atoms in total. The number of nitrogens with zero attached hydrogens (tertiary/aromatic N) is 6. The molecule has 228 valence electrons. The van der Waals surface area contributed by atoms with Crippen LogP contribution in [0.2, 0.25) is 0 Å². The molecule has 0 radical (unpaired) electrons. The lowest BCUT2D eigenvalue weighted by molar-refractivity contribution is 0.0122. The molecule has 2 unspecified atom stereocenters. The third-order valence-electron chi connectivity index (χ3n) is 9.44. The summed E-state index contributed by atoms with van der Waals surface area (Å²) in [6, 6.07) is 5.97. The van der Waals surface area contributed by atoms with E-state index in [2.05, 4.69) is 19.8 Å². The number of carbonyl (C=O) groups excluding carboxylic acids is 1. The van der Waals surface area contributed by atoms with Gasteiger partial charge in [-0.25, -0.2) is 13.6 Å². The number of rotatable bonds is 5. The van der Waals surface area contributed by atoms with Gasteiger partial charge in [0.05, 0.1) is 23.0 Å². The molecule has 2 atom stereocenters. The van der Waals surface area contributed by atoms with Crippen molar-refractivity contribution in [2.75, 3.05) is 37.7 Å². The number of piperazine rings is 1. The quantitative estimate of drug-likeness (QED) is 0.381. The summed E-state index contributed by atoms with van der Waals surface area (Å²) in [4.78, 5) is 33.3. The van der Waals surface area contributed by atoms with Gasteiger partial charge in [-0.15, -0.1) is 0 Å². The zero-order chi connectivity index (χ0) is 29.9. The highest BCUT2D eigenvalue weighted by Gasteiger charge is 2.46. The molecule has 2 aromatic heterocycles. The predicted molar refractivity (Wildman–Crippen MR) is 158 cm³/mol. The molecule has 43 heavy (non-hydrogen) atoms. The highest BCUT2D eigenvalue weighted by atomic mass is 19.1. The first-order valence-electron chi connectivity index (χ1n) is 15.4. The molecule has 0 aliphatic carbocycles. The largest absolute Gasteiger partial charge is 0.461 e. The van der Waals surface area contributed by atoms with Gasteiger partial charge in [0.1, 0.15) is 35.1 Å². The summed E-state index contributed by atoms with van der Waals surface area (Å²) in [5.74, 6) is -0.761. The monoisotopic (exact) mass is 592 g/mol. The smallest absolute Gasteiger partial charge is 0.410 e. The number of hydrogen-bond acceptors (Lipinski definition) is 8. The van der Waals surface area contributed by atoms with Crippen LogP contribution >= 0.6 is 0 Å². The molecule has 6 heterocycles. The molecule has 4 aliphatic heterocycles. The van der Waals surface area contributed by atoms with Crippen molar-refractivity contribution in [1.82, 2.24) is 24.8 Å². The number of aromatic nitrogens is 3. The minimum atomic E-state index is -0.715. The lowest BCUT2D eigenvalue weighted by Gasteiger charge is -2.42. The Labute approximate surface area is 250 Å². The molecule has 0 N–H and O–H groups in total. The summed E-state index contributed by atoms with van der Waals surface area (Å²) in [6.45, 7) is 9.17. The average Bonchev–Trinajstić information content (AvgIpc) is 3.62. The lowest BCUT2D eigenvalue weighted by Crippen LogP contribution is -2.57. The third kappa shape index (κ3) is 5.05. The first-order chi connectivity index (χ1) is 20.6. The van der Waals surface area contributed by atoms with Crippen molar-refractivity contribution in [3.05, 3.63) is 42.1 Å². The van der Waals surface area contributed by atoms with Gasteiger partial charge in [0.2, 0.25) is 0 Å². The maximum atomic E-state index is 16.2. The van der Waals surface area contributed by atoms with Crippen LogP contribution in [0.25, 0.3) is 22.2 Å². The zero-order valence-electron chi connectivity index (χ0n) is 25.0. The summed E-state index contributed by atoms with van der Waals surface area (Å²) in [5, 5.41) is 0.427. The lowest BCUT2D eigenvalue weighted by atomic mass is 9.95. The fourth-order valence-electron chi connectivity index (χ4n) is 7.52. The van der Waals surface area contributed by atoms with Crippen molar-refractivity contribution in [2.24, 2.45) is 0 Å². The van der Waals surface area contributed by atoms with Crippen molar-refractivity contribution < 1.29 is 23.0 Å². The Morgan fingerprint density at radius 1 is 1.05 bits per heavy atom. The predicted octanol–water partition coefficient (Wildman–Crippen LogP) is 5.57. The number of anilines is 1. The summed E-state index contributed by atoms with van der Waals surface area (Å²) >= 11 is 0. The first-order valence-corrected chi connectivity index (χ1v) is 15.4. The SMILES string of the molecule is CC(C)(C)OC(=O)N1C2CCC1CN(c1nc(OCC34CCCN3CCC4)nc3c(F)c(-c4ccccc4F)ncc13)C2. The first kappa shape index (κ1) is 28.2. The molecular weight excluding hydrogens is 554 g/mol. The summed E-state index contributed by atoms with van der Waals surface area (Å²) < 4.78 is 43.0. The number of hydrogen-bond donors (Lipinski definition) is 0. The Bertz CT molecular complexity index is 1540. The highest BCUT2D eigenvalue weighted by Crippen LogP contribution is 2.40. The Morgan fingerprint density at radius 3 is 2.42 bits per heavy atom. The maximum absolute atomic E-state index is 16.2. The average molecular weight is 593 g/mol. The van der Waals surface area contributed by atoms with Crippen LogP contribution in [-0.4, -0.2) is 86.9 Å². The Balaban J connectivity index is 1.26. The van der Waals surface area contributed by atoms with Gasteiger partial charge in [-0.1, -0.05) is 12.1 Å². The van der Waals surface area contributed by atoms with Crippen LogP contribution in [0.5, 0.6) is 6.01 Å². The second-order valence-electron chi connectivity index (χ2n) is 13.4. The van der Waals surface area contributed by atoms with E-state index in [1.807, 2.05) is 25.7 Å². The number of benzene rings is 1. The fraction of sp³-hybridized carbons (Fsp3) is 0.562. The van der Waals surface area contributed by atoms with Gasteiger partial charge >= 0.3 is 12.1 Å². The van der Waals surface area contributed by atoms with Crippen molar-refractivity contribution >= 4 is 22.8 Å². The topological polar surface area (TPSA) is 83.9 Å². The molecular formula is C32H38F2N6O3. The van der Waals surface area contributed by atoms with E-state index in [-0.39, 0.29) is 46.5 Å². The van der Waals surface area contributed by atoms with E-state index in [4.69, 9.17) is 14.5 Å². The van der Waals surface area contributed by atoms with Gasteiger partial charge in [-0.3, -0.25) is 14.8 Å². The molecule has 7 rings (SSSR count). The second-order valence-corrected chi connectivity index (χ2v) is 13.4. The van der Waals surface area contributed by atoms with E-state index in [0.717, 1.165) is 51.6 Å². The van der Waals surface area contributed by atoms with Crippen LogP contribution in [0.15, 0.2) is 30.5 Å². The van der Waals surface area contributed by atoms with Crippen LogP contribution in [0.4, 0.5) is 19.4 Å². The zero-order valence-corrected chi connectivity index (χ0v) is 25.0. The van der Waals surface area contributed by atoms with E-state index in [0.29, 0.717) is 30.9 Å². The van der Waals surface area contributed by atoms with E-state index >= 15 is 4.39 Å². The molecule has 0 spiro atoms. The minimum Gasteiger partial charge on any atom is -0.461 e. The van der Waals surface area contributed by atoms with Crippen LogP contribution in [0.3, 0.4) is 0 Å². The summed E-state index contributed by atoms with van der Waals surface area (Å²) in [5.41, 5.74) is -0.615. The molecule has 1 amide bonds. The van der Waals surface area contributed by atoms with Crippen LogP contribution in [0, 0.1) is 11.6 Å². The van der Waals surface area contributed by atoms with E-state index in [1.54, 1.807) is 12.1 Å². The standard InChI is InChI=1S/C32H38F2N6O3/c1-31(2,3)43-30(41)40-20-10-11-21(40)18-38(17-20)28-23-16-35-26(22-8-4-5-9-24(22)33)25(34)27(23)36-29(37-28)42-19-32-12-6-14-39(32)15-7-13-32/h4-5,8-9,16,20-21H,6-7,10-15,17-19H2,1-3H3. The van der Waals surface area contributed by atoms with Crippen LogP contribution < -0.4 is 9.64 Å².